The first-order valence-electron chi connectivity index (χ1n) is 13.0. The molecule has 2 aromatic rings. The summed E-state index contributed by atoms with van der Waals surface area (Å²) in [5.74, 6) is -1.24. The van der Waals surface area contributed by atoms with Crippen LogP contribution in [0, 0.1) is 5.92 Å². The molecule has 0 bridgehead atoms. The largest absolute Gasteiger partial charge is 0.480 e. The number of piperidine rings is 1. The fourth-order valence-corrected chi connectivity index (χ4v) is 4.43. The highest BCUT2D eigenvalue weighted by Crippen LogP contribution is 2.26. The molecule has 4 rings (SSSR count). The van der Waals surface area contributed by atoms with Crippen LogP contribution in [0.25, 0.3) is 0 Å². The Kier molecular flexibility index (Phi) is 9.57. The monoisotopic (exact) mass is 538 g/mol. The van der Waals surface area contributed by atoms with E-state index in [0.717, 1.165) is 16.9 Å². The topological polar surface area (TPSA) is 165 Å². The SMILES string of the molecule is O=C(N[C@@H](CNC(=O)C1CCN(c2cccc(NC3=N[C@@H](O)CCN3)c2)CC1)C(=O)O)OCc1ccccc1. The molecule has 12 nitrogen and oxygen atoms in total. The minimum Gasteiger partial charge on any atom is -0.480 e. The van der Waals surface area contributed by atoms with Crippen molar-refractivity contribution < 1.29 is 29.3 Å². The summed E-state index contributed by atoms with van der Waals surface area (Å²) < 4.78 is 5.08. The average molecular weight is 539 g/mol. The number of carbonyl (C=O) groups is 3. The molecule has 2 aromatic carbocycles. The van der Waals surface area contributed by atoms with Crippen molar-refractivity contribution in [1.82, 2.24) is 16.0 Å². The third-order valence-corrected chi connectivity index (χ3v) is 6.60. The molecular formula is C27H34N6O6. The van der Waals surface area contributed by atoms with E-state index in [9.17, 15) is 24.6 Å². The fourth-order valence-electron chi connectivity index (χ4n) is 4.43. The van der Waals surface area contributed by atoms with Gasteiger partial charge in [0.1, 0.15) is 12.6 Å². The number of hydrogen-bond acceptors (Lipinski definition) is 9. The van der Waals surface area contributed by atoms with E-state index in [0.29, 0.717) is 44.9 Å². The van der Waals surface area contributed by atoms with Crippen LogP contribution in [-0.2, 0) is 20.9 Å². The standard InChI is InChI=1S/C27H34N6O6/c34-23-9-12-28-26(32-23)30-20-7-4-8-21(15-20)33-13-10-19(11-14-33)24(35)29-16-22(25(36)37)31-27(38)39-17-18-5-2-1-3-6-18/h1-8,15,19,22-23,34H,9-14,16-17H2,(H,29,35)(H,31,38)(H,36,37)(H2,28,30,32)/t22-,23-/m0/s1. The summed E-state index contributed by atoms with van der Waals surface area (Å²) in [5.41, 5.74) is 2.61. The van der Waals surface area contributed by atoms with Gasteiger partial charge in [-0.15, -0.1) is 0 Å². The van der Waals surface area contributed by atoms with E-state index in [1.165, 1.54) is 0 Å². The van der Waals surface area contributed by atoms with Gasteiger partial charge in [-0.25, -0.2) is 14.6 Å². The van der Waals surface area contributed by atoms with Crippen LogP contribution in [-0.4, -0.2) is 72.6 Å². The second-order valence-corrected chi connectivity index (χ2v) is 9.45. The molecule has 6 N–H and O–H groups in total. The summed E-state index contributed by atoms with van der Waals surface area (Å²) in [6.07, 6.45) is 0.204. The van der Waals surface area contributed by atoms with Crippen LogP contribution in [0.15, 0.2) is 59.6 Å². The molecule has 0 spiro atoms. The lowest BCUT2D eigenvalue weighted by Crippen LogP contribution is -2.50. The number of guanidine groups is 1. The number of anilines is 2. The number of aliphatic imine (C=N–C) groups is 1. The lowest BCUT2D eigenvalue weighted by Gasteiger charge is -2.33. The number of carboxylic acid groups (broad SMARTS) is 1. The second-order valence-electron chi connectivity index (χ2n) is 9.45. The van der Waals surface area contributed by atoms with E-state index >= 15 is 0 Å². The number of aliphatic carboxylic acids is 1. The third kappa shape index (κ3) is 8.34. The molecule has 1 fully saturated rings. The van der Waals surface area contributed by atoms with Crippen molar-refractivity contribution in [2.24, 2.45) is 10.9 Å². The third-order valence-electron chi connectivity index (χ3n) is 6.60. The molecule has 2 heterocycles. The number of alkyl carbamates (subject to hydrolysis) is 1. The molecular weight excluding hydrogens is 504 g/mol. The van der Waals surface area contributed by atoms with Crippen LogP contribution in [0.1, 0.15) is 24.8 Å². The molecule has 0 aromatic heterocycles. The summed E-state index contributed by atoms with van der Waals surface area (Å²) in [6.45, 7) is 1.73. The molecule has 0 saturated carbocycles. The zero-order valence-corrected chi connectivity index (χ0v) is 21.5. The van der Waals surface area contributed by atoms with Crippen molar-refractivity contribution >= 4 is 35.3 Å². The number of rotatable bonds is 9. The normalized spacial score (nSPS) is 18.2. The lowest BCUT2D eigenvalue weighted by molar-refractivity contribution is -0.139. The number of benzene rings is 2. The van der Waals surface area contributed by atoms with Crippen LogP contribution in [0.3, 0.4) is 0 Å². The Balaban J connectivity index is 1.22. The molecule has 1 saturated heterocycles. The van der Waals surface area contributed by atoms with Gasteiger partial charge in [0, 0.05) is 49.9 Å². The average Bonchev–Trinajstić information content (AvgIpc) is 2.94. The highest BCUT2D eigenvalue weighted by Gasteiger charge is 2.27. The van der Waals surface area contributed by atoms with Gasteiger partial charge in [0.2, 0.25) is 5.91 Å². The number of nitrogens with zero attached hydrogens (tertiary/aromatic N) is 2. The molecule has 0 unspecified atom stereocenters. The number of ether oxygens (including phenoxy) is 1. The Bertz CT molecular complexity index is 1170. The molecule has 2 aliphatic heterocycles. The van der Waals surface area contributed by atoms with Crippen LogP contribution in [0.4, 0.5) is 16.2 Å². The summed E-state index contributed by atoms with van der Waals surface area (Å²) in [4.78, 5) is 42.8. The maximum Gasteiger partial charge on any atom is 0.408 e. The Labute approximate surface area is 226 Å². The summed E-state index contributed by atoms with van der Waals surface area (Å²) in [7, 11) is 0. The first-order chi connectivity index (χ1) is 18.9. The van der Waals surface area contributed by atoms with E-state index in [4.69, 9.17) is 4.74 Å². The molecule has 2 aliphatic rings. The molecule has 2 atom stereocenters. The van der Waals surface area contributed by atoms with Gasteiger partial charge in [-0.2, -0.15) is 0 Å². The van der Waals surface area contributed by atoms with Gasteiger partial charge in [0.05, 0.1) is 0 Å². The second kappa shape index (κ2) is 13.5. The van der Waals surface area contributed by atoms with Crippen molar-refractivity contribution in [3.63, 3.8) is 0 Å². The first-order valence-corrected chi connectivity index (χ1v) is 13.0. The van der Waals surface area contributed by atoms with Crippen molar-refractivity contribution in [1.29, 1.82) is 0 Å². The molecule has 208 valence electrons. The number of aliphatic hydroxyl groups is 1. The number of hydrogen-bond donors (Lipinski definition) is 6. The summed E-state index contributed by atoms with van der Waals surface area (Å²) >= 11 is 0. The molecule has 12 heteroatoms. The van der Waals surface area contributed by atoms with Gasteiger partial charge in [-0.1, -0.05) is 36.4 Å². The summed E-state index contributed by atoms with van der Waals surface area (Å²) in [6, 6.07) is 15.6. The number of carboxylic acids is 1. The van der Waals surface area contributed by atoms with Gasteiger partial charge in [0.25, 0.3) is 0 Å². The molecule has 0 aliphatic carbocycles. The van der Waals surface area contributed by atoms with Crippen molar-refractivity contribution in [2.45, 2.75) is 38.1 Å². The molecule has 39 heavy (non-hydrogen) atoms. The Morgan fingerprint density at radius 3 is 2.56 bits per heavy atom. The predicted molar refractivity (Wildman–Crippen MR) is 145 cm³/mol. The predicted octanol–water partition coefficient (Wildman–Crippen LogP) is 1.48. The summed E-state index contributed by atoms with van der Waals surface area (Å²) in [5, 5.41) is 30.5. The van der Waals surface area contributed by atoms with E-state index in [1.807, 2.05) is 42.5 Å². The highest BCUT2D eigenvalue weighted by molar-refractivity contribution is 5.94. The Hall–Kier alpha value is -4.32. The van der Waals surface area contributed by atoms with E-state index in [1.54, 1.807) is 12.1 Å². The van der Waals surface area contributed by atoms with E-state index in [2.05, 4.69) is 31.2 Å². The minimum atomic E-state index is -1.31. The first kappa shape index (κ1) is 27.7. The van der Waals surface area contributed by atoms with Gasteiger partial charge >= 0.3 is 12.1 Å². The quantitative estimate of drug-likeness (QED) is 0.277. The fraction of sp³-hybridized carbons (Fsp3) is 0.407. The molecule has 0 radical (unpaired) electrons. The van der Waals surface area contributed by atoms with Gasteiger partial charge in [0.15, 0.2) is 12.2 Å². The smallest absolute Gasteiger partial charge is 0.408 e. The van der Waals surface area contributed by atoms with Crippen molar-refractivity contribution in [3.05, 3.63) is 60.2 Å². The molecule has 2 amide bonds. The highest BCUT2D eigenvalue weighted by atomic mass is 16.5. The van der Waals surface area contributed by atoms with Crippen LogP contribution in [0.2, 0.25) is 0 Å². The van der Waals surface area contributed by atoms with Crippen LogP contribution >= 0.6 is 0 Å². The van der Waals surface area contributed by atoms with Gasteiger partial charge in [-0.3, -0.25) is 4.79 Å². The van der Waals surface area contributed by atoms with Gasteiger partial charge < -0.3 is 41.1 Å². The van der Waals surface area contributed by atoms with Crippen molar-refractivity contribution in [3.8, 4) is 0 Å². The van der Waals surface area contributed by atoms with Gasteiger partial charge in [-0.05, 0) is 36.6 Å². The Morgan fingerprint density at radius 2 is 1.85 bits per heavy atom. The zero-order chi connectivity index (χ0) is 27.6. The van der Waals surface area contributed by atoms with Crippen LogP contribution in [0.5, 0.6) is 0 Å². The number of aliphatic hydroxyl groups excluding tert-OH is 1. The Morgan fingerprint density at radius 1 is 1.08 bits per heavy atom. The van der Waals surface area contributed by atoms with Crippen molar-refractivity contribution in [2.75, 3.05) is 36.4 Å². The lowest BCUT2D eigenvalue weighted by atomic mass is 9.95. The van der Waals surface area contributed by atoms with Crippen LogP contribution < -0.4 is 26.2 Å². The maximum atomic E-state index is 12.7. The number of amides is 2. The maximum absolute atomic E-state index is 12.7. The van der Waals surface area contributed by atoms with E-state index < -0.39 is 24.3 Å². The number of nitrogens with one attached hydrogen (secondary N) is 4. The van der Waals surface area contributed by atoms with E-state index in [-0.39, 0.29) is 25.0 Å². The zero-order valence-electron chi connectivity index (χ0n) is 21.5. The number of carbonyl (C=O) groups excluding carboxylic acids is 2. The minimum absolute atomic E-state index is 0.0116.